The van der Waals surface area contributed by atoms with Crippen molar-refractivity contribution >= 4 is 40.7 Å². The van der Waals surface area contributed by atoms with Crippen molar-refractivity contribution in [1.82, 2.24) is 26.1 Å². The van der Waals surface area contributed by atoms with E-state index in [1.165, 1.54) is 11.9 Å². The van der Waals surface area contributed by atoms with E-state index >= 15 is 0 Å². The molecule has 10 heteroatoms. The normalized spacial score (nSPS) is 17.3. The van der Waals surface area contributed by atoms with E-state index in [9.17, 15) is 19.2 Å². The molecule has 204 valence electrons. The average molecular weight is 524 g/mol. The molecule has 2 heterocycles. The third kappa shape index (κ3) is 7.61. The monoisotopic (exact) mass is 523 g/mol. The molecule has 0 saturated carbocycles. The Morgan fingerprint density at radius 2 is 1.92 bits per heavy atom. The molecule has 0 unspecified atom stereocenters. The minimum absolute atomic E-state index is 0.238. The maximum atomic E-state index is 13.0. The van der Waals surface area contributed by atoms with Gasteiger partial charge in [-0.15, -0.1) is 0 Å². The molecule has 3 rings (SSSR count). The van der Waals surface area contributed by atoms with Crippen molar-refractivity contribution in [3.05, 3.63) is 47.7 Å². The zero-order valence-electron chi connectivity index (χ0n) is 22.6. The molecule has 0 aliphatic carbocycles. The van der Waals surface area contributed by atoms with E-state index in [1.807, 2.05) is 49.4 Å². The average Bonchev–Trinajstić information content (AvgIpc) is 2.89. The highest BCUT2D eigenvalue weighted by atomic mass is 16.5. The van der Waals surface area contributed by atoms with Crippen LogP contribution in [-0.4, -0.2) is 58.4 Å². The summed E-state index contributed by atoms with van der Waals surface area (Å²) in [6.45, 7) is 8.92. The van der Waals surface area contributed by atoms with Crippen LogP contribution in [0, 0.1) is 5.92 Å². The van der Waals surface area contributed by atoms with Gasteiger partial charge in [-0.2, -0.15) is 0 Å². The number of nitrogens with one attached hydrogen (secondary N) is 3. The first kappa shape index (κ1) is 28.8. The van der Waals surface area contributed by atoms with Crippen LogP contribution in [0.2, 0.25) is 0 Å². The number of aromatic nitrogens is 1. The lowest BCUT2D eigenvalue weighted by Crippen LogP contribution is -2.61. The second-order valence-corrected chi connectivity index (χ2v) is 9.79. The number of ether oxygens (including phenoxy) is 1. The standard InChI is InChI=1S/C28H37N5O5/c1-6-8-20-10-11-21-12-13-22(31-24(21)15-20)16-29-26(35)23-9-7-14-33(32-23)28(37)18(4)30-27(36)25(17(2)3)38-19(5)34/h6,8,10-13,15,17-18,23,25,32H,7,9,14,16H2,1-5H3,(H,29,35)(H,30,36)/b8-6+/t18-,23-,25-/m0/s1. The summed E-state index contributed by atoms with van der Waals surface area (Å²) < 4.78 is 5.10. The summed E-state index contributed by atoms with van der Waals surface area (Å²) in [6, 6.07) is 8.44. The summed E-state index contributed by atoms with van der Waals surface area (Å²) in [4.78, 5) is 54.5. The van der Waals surface area contributed by atoms with Crippen LogP contribution < -0.4 is 16.1 Å². The third-order valence-corrected chi connectivity index (χ3v) is 6.23. The SMILES string of the molecule is C/C=C/c1ccc2ccc(CNC(=O)[C@@H]3CCCN(C(=O)[C@H](C)NC(=O)[C@@H](OC(C)=O)C(C)C)N3)nc2c1. The van der Waals surface area contributed by atoms with E-state index in [-0.39, 0.29) is 24.3 Å². The first-order chi connectivity index (χ1) is 18.1. The molecule has 1 aromatic heterocycles. The molecular weight excluding hydrogens is 486 g/mol. The molecule has 0 radical (unpaired) electrons. The molecule has 3 N–H and O–H groups in total. The number of rotatable bonds is 9. The first-order valence-corrected chi connectivity index (χ1v) is 12.9. The van der Waals surface area contributed by atoms with Gasteiger partial charge in [-0.25, -0.2) is 5.43 Å². The molecule has 0 bridgehead atoms. The van der Waals surface area contributed by atoms with Gasteiger partial charge in [0.05, 0.1) is 17.8 Å². The molecule has 3 atom stereocenters. The molecule has 1 fully saturated rings. The zero-order chi connectivity index (χ0) is 27.8. The first-order valence-electron chi connectivity index (χ1n) is 12.9. The number of esters is 1. The molecule has 1 saturated heterocycles. The predicted octanol–water partition coefficient (Wildman–Crippen LogP) is 2.47. The zero-order valence-corrected chi connectivity index (χ0v) is 22.6. The van der Waals surface area contributed by atoms with E-state index in [4.69, 9.17) is 4.74 Å². The van der Waals surface area contributed by atoms with Crippen LogP contribution in [0.4, 0.5) is 0 Å². The lowest BCUT2D eigenvalue weighted by atomic mass is 10.1. The van der Waals surface area contributed by atoms with E-state index in [1.54, 1.807) is 20.8 Å². The Morgan fingerprint density at radius 3 is 2.61 bits per heavy atom. The van der Waals surface area contributed by atoms with Gasteiger partial charge in [0, 0.05) is 18.9 Å². The van der Waals surface area contributed by atoms with Gasteiger partial charge in [-0.3, -0.25) is 29.2 Å². The van der Waals surface area contributed by atoms with Crippen LogP contribution in [0.1, 0.15) is 58.7 Å². The van der Waals surface area contributed by atoms with Gasteiger partial charge in [0.25, 0.3) is 11.8 Å². The van der Waals surface area contributed by atoms with Crippen molar-refractivity contribution in [2.45, 2.75) is 72.2 Å². The number of fused-ring (bicyclic) bond motifs is 1. The second-order valence-electron chi connectivity index (χ2n) is 9.79. The molecule has 1 aliphatic heterocycles. The van der Waals surface area contributed by atoms with Crippen LogP contribution in [0.5, 0.6) is 0 Å². The summed E-state index contributed by atoms with van der Waals surface area (Å²) in [7, 11) is 0. The number of allylic oxidation sites excluding steroid dienone is 1. The Morgan fingerprint density at radius 1 is 1.18 bits per heavy atom. The topological polar surface area (TPSA) is 130 Å². The molecule has 38 heavy (non-hydrogen) atoms. The fraction of sp³-hybridized carbons (Fsp3) is 0.464. The molecule has 2 aromatic rings. The van der Waals surface area contributed by atoms with Crippen LogP contribution >= 0.6 is 0 Å². The van der Waals surface area contributed by atoms with Gasteiger partial charge < -0.3 is 15.4 Å². The highest BCUT2D eigenvalue weighted by molar-refractivity contribution is 5.90. The van der Waals surface area contributed by atoms with Crippen molar-refractivity contribution in [2.24, 2.45) is 5.92 Å². The Balaban J connectivity index is 1.56. The number of carbonyl (C=O) groups is 4. The number of amides is 3. The van der Waals surface area contributed by atoms with Crippen LogP contribution in [0.25, 0.3) is 17.0 Å². The molecule has 10 nitrogen and oxygen atoms in total. The van der Waals surface area contributed by atoms with Crippen molar-refractivity contribution in [3.63, 3.8) is 0 Å². The molecule has 0 spiro atoms. The van der Waals surface area contributed by atoms with Gasteiger partial charge in [0.2, 0.25) is 5.91 Å². The summed E-state index contributed by atoms with van der Waals surface area (Å²) in [5, 5.41) is 7.91. The quantitative estimate of drug-likeness (QED) is 0.431. The predicted molar refractivity (Wildman–Crippen MR) is 144 cm³/mol. The van der Waals surface area contributed by atoms with E-state index < -0.39 is 30.1 Å². The number of nitrogens with zero attached hydrogens (tertiary/aromatic N) is 2. The van der Waals surface area contributed by atoms with Crippen molar-refractivity contribution in [1.29, 1.82) is 0 Å². The number of hydrogen-bond acceptors (Lipinski definition) is 7. The lowest BCUT2D eigenvalue weighted by Gasteiger charge is -2.35. The molecule has 1 aromatic carbocycles. The largest absolute Gasteiger partial charge is 0.452 e. The maximum Gasteiger partial charge on any atom is 0.303 e. The molecular formula is C28H37N5O5. The van der Waals surface area contributed by atoms with Gasteiger partial charge in [0.15, 0.2) is 6.10 Å². The Bertz CT molecular complexity index is 1210. The summed E-state index contributed by atoms with van der Waals surface area (Å²) in [5.41, 5.74) is 5.63. The van der Waals surface area contributed by atoms with Gasteiger partial charge >= 0.3 is 5.97 Å². The Labute approximate surface area is 223 Å². The highest BCUT2D eigenvalue weighted by Gasteiger charge is 2.33. The fourth-order valence-electron chi connectivity index (χ4n) is 4.27. The second kappa shape index (κ2) is 13.1. The van der Waals surface area contributed by atoms with E-state index in [0.717, 1.165) is 22.2 Å². The van der Waals surface area contributed by atoms with E-state index in [0.29, 0.717) is 19.4 Å². The van der Waals surface area contributed by atoms with Gasteiger partial charge in [-0.1, -0.05) is 44.2 Å². The maximum absolute atomic E-state index is 13.0. The van der Waals surface area contributed by atoms with Crippen molar-refractivity contribution < 1.29 is 23.9 Å². The molecule has 1 aliphatic rings. The smallest absolute Gasteiger partial charge is 0.303 e. The number of carbonyl (C=O) groups excluding carboxylic acids is 4. The third-order valence-electron chi connectivity index (χ3n) is 6.23. The Kier molecular flexibility index (Phi) is 9.95. The van der Waals surface area contributed by atoms with Crippen molar-refractivity contribution in [2.75, 3.05) is 6.54 Å². The lowest BCUT2D eigenvalue weighted by molar-refractivity contribution is -0.157. The van der Waals surface area contributed by atoms with Crippen LogP contribution in [-0.2, 0) is 30.5 Å². The van der Waals surface area contributed by atoms with E-state index in [2.05, 4.69) is 21.0 Å². The molecule has 3 amide bonds. The highest BCUT2D eigenvalue weighted by Crippen LogP contribution is 2.16. The number of benzene rings is 1. The van der Waals surface area contributed by atoms with Crippen LogP contribution in [0.3, 0.4) is 0 Å². The van der Waals surface area contributed by atoms with Crippen molar-refractivity contribution in [3.8, 4) is 0 Å². The number of hydrazine groups is 1. The minimum atomic E-state index is -0.992. The minimum Gasteiger partial charge on any atom is -0.452 e. The fourth-order valence-corrected chi connectivity index (χ4v) is 4.27. The Hall–Kier alpha value is -3.79. The summed E-state index contributed by atoms with van der Waals surface area (Å²) in [5.74, 6) is -1.98. The van der Waals surface area contributed by atoms with Crippen LogP contribution in [0.15, 0.2) is 36.4 Å². The summed E-state index contributed by atoms with van der Waals surface area (Å²) in [6.07, 6.45) is 4.18. The van der Waals surface area contributed by atoms with Gasteiger partial charge in [0.1, 0.15) is 12.1 Å². The number of hydrogen-bond donors (Lipinski definition) is 3. The summed E-state index contributed by atoms with van der Waals surface area (Å²) >= 11 is 0. The van der Waals surface area contributed by atoms with Gasteiger partial charge in [-0.05, 0) is 50.3 Å². The number of pyridine rings is 1.